The van der Waals surface area contributed by atoms with Gasteiger partial charge in [0, 0.05) is 18.9 Å². The minimum atomic E-state index is 0.950. The number of nitrogens with zero attached hydrogens (tertiary/aromatic N) is 1. The highest BCUT2D eigenvalue weighted by Crippen LogP contribution is 2.04. The van der Waals surface area contributed by atoms with E-state index in [1.165, 1.54) is 36.8 Å². The summed E-state index contributed by atoms with van der Waals surface area (Å²) in [6.45, 7) is 6.45. The third-order valence-electron chi connectivity index (χ3n) is 2.67. The van der Waals surface area contributed by atoms with E-state index < -0.39 is 0 Å². The summed E-state index contributed by atoms with van der Waals surface area (Å²) in [7, 11) is 0. The van der Waals surface area contributed by atoms with Gasteiger partial charge < -0.3 is 5.32 Å². The van der Waals surface area contributed by atoms with Gasteiger partial charge in [-0.25, -0.2) is 0 Å². The first-order chi connectivity index (χ1) is 7.34. The molecule has 0 aromatic carbocycles. The van der Waals surface area contributed by atoms with Crippen molar-refractivity contribution in [1.29, 1.82) is 0 Å². The van der Waals surface area contributed by atoms with Crippen molar-refractivity contribution < 1.29 is 0 Å². The van der Waals surface area contributed by atoms with E-state index in [4.69, 9.17) is 0 Å². The molecular formula is C13H22N2. The lowest BCUT2D eigenvalue weighted by atomic mass is 10.1. The second kappa shape index (κ2) is 7.41. The number of nitrogens with one attached hydrogen (secondary N) is 1. The fraction of sp³-hybridized carbons (Fsp3) is 0.615. The zero-order valence-electron chi connectivity index (χ0n) is 9.92. The molecule has 1 aromatic rings. The molecule has 2 heteroatoms. The average Bonchev–Trinajstić information content (AvgIpc) is 2.25. The van der Waals surface area contributed by atoms with E-state index in [2.05, 4.69) is 30.2 Å². The van der Waals surface area contributed by atoms with Gasteiger partial charge >= 0.3 is 0 Å². The Morgan fingerprint density at radius 2 is 2.13 bits per heavy atom. The summed E-state index contributed by atoms with van der Waals surface area (Å²) >= 11 is 0. The van der Waals surface area contributed by atoms with Crippen LogP contribution in [0.1, 0.15) is 43.7 Å². The molecule has 0 atom stereocenters. The molecule has 0 amide bonds. The van der Waals surface area contributed by atoms with E-state index in [1.54, 1.807) is 0 Å². The van der Waals surface area contributed by atoms with Crippen molar-refractivity contribution in [2.45, 2.75) is 46.1 Å². The number of hydrogen-bond donors (Lipinski definition) is 1. The summed E-state index contributed by atoms with van der Waals surface area (Å²) in [5.41, 5.74) is 2.64. The maximum absolute atomic E-state index is 4.13. The standard InChI is InChI=1S/C13H22N2/c1-3-4-5-6-8-14-10-13-11-15-9-7-12(13)2/h7,9,11,14H,3-6,8,10H2,1-2H3. The molecular weight excluding hydrogens is 184 g/mol. The number of rotatable bonds is 7. The van der Waals surface area contributed by atoms with Gasteiger partial charge in [-0.15, -0.1) is 0 Å². The van der Waals surface area contributed by atoms with Crippen LogP contribution in [0.15, 0.2) is 18.5 Å². The SMILES string of the molecule is CCCCCCNCc1cnccc1C. The molecule has 15 heavy (non-hydrogen) atoms. The highest BCUT2D eigenvalue weighted by Gasteiger charge is 1.96. The van der Waals surface area contributed by atoms with E-state index in [9.17, 15) is 0 Å². The van der Waals surface area contributed by atoms with Gasteiger partial charge in [-0.05, 0) is 37.1 Å². The molecule has 0 aliphatic heterocycles. The van der Waals surface area contributed by atoms with E-state index in [0.29, 0.717) is 0 Å². The first-order valence-corrected chi connectivity index (χ1v) is 5.94. The van der Waals surface area contributed by atoms with Crippen molar-refractivity contribution in [1.82, 2.24) is 10.3 Å². The van der Waals surface area contributed by atoms with Gasteiger partial charge in [0.1, 0.15) is 0 Å². The summed E-state index contributed by atoms with van der Waals surface area (Å²) in [4.78, 5) is 4.13. The van der Waals surface area contributed by atoms with Crippen LogP contribution in [0.5, 0.6) is 0 Å². The van der Waals surface area contributed by atoms with Crippen LogP contribution in [-0.2, 0) is 6.54 Å². The lowest BCUT2D eigenvalue weighted by Crippen LogP contribution is -2.15. The first-order valence-electron chi connectivity index (χ1n) is 5.94. The second-order valence-electron chi connectivity index (χ2n) is 4.04. The molecule has 1 rings (SSSR count). The fourth-order valence-corrected chi connectivity index (χ4v) is 1.58. The van der Waals surface area contributed by atoms with Crippen molar-refractivity contribution in [2.75, 3.05) is 6.54 Å². The van der Waals surface area contributed by atoms with Gasteiger partial charge in [0.05, 0.1) is 0 Å². The molecule has 0 radical (unpaired) electrons. The Hall–Kier alpha value is -0.890. The third kappa shape index (κ3) is 4.93. The number of pyridine rings is 1. The predicted molar refractivity (Wildman–Crippen MR) is 64.8 cm³/mol. The number of aryl methyl sites for hydroxylation is 1. The van der Waals surface area contributed by atoms with Crippen LogP contribution in [0.25, 0.3) is 0 Å². The Balaban J connectivity index is 2.12. The van der Waals surface area contributed by atoms with Crippen molar-refractivity contribution in [3.63, 3.8) is 0 Å². The van der Waals surface area contributed by atoms with Crippen LogP contribution < -0.4 is 5.32 Å². The van der Waals surface area contributed by atoms with Gasteiger partial charge in [0.15, 0.2) is 0 Å². The van der Waals surface area contributed by atoms with Crippen LogP contribution in [-0.4, -0.2) is 11.5 Å². The summed E-state index contributed by atoms with van der Waals surface area (Å²) in [6, 6.07) is 2.06. The van der Waals surface area contributed by atoms with Crippen LogP contribution >= 0.6 is 0 Å². The van der Waals surface area contributed by atoms with Crippen molar-refractivity contribution in [2.24, 2.45) is 0 Å². The molecule has 0 spiro atoms. The fourth-order valence-electron chi connectivity index (χ4n) is 1.58. The molecule has 1 heterocycles. The molecule has 0 aliphatic rings. The van der Waals surface area contributed by atoms with Crippen molar-refractivity contribution in [3.8, 4) is 0 Å². The van der Waals surface area contributed by atoms with Crippen LogP contribution in [0.2, 0.25) is 0 Å². The molecule has 0 aliphatic carbocycles. The predicted octanol–water partition coefficient (Wildman–Crippen LogP) is 3.06. The zero-order chi connectivity index (χ0) is 10.9. The lowest BCUT2D eigenvalue weighted by Gasteiger charge is -2.06. The van der Waals surface area contributed by atoms with E-state index in [0.717, 1.165) is 13.1 Å². The number of aromatic nitrogens is 1. The topological polar surface area (TPSA) is 24.9 Å². The van der Waals surface area contributed by atoms with E-state index in [1.807, 2.05) is 12.4 Å². The van der Waals surface area contributed by atoms with Gasteiger partial charge in [0.25, 0.3) is 0 Å². The maximum atomic E-state index is 4.13. The molecule has 0 bridgehead atoms. The lowest BCUT2D eigenvalue weighted by molar-refractivity contribution is 0.596. The first kappa shape index (κ1) is 12.2. The van der Waals surface area contributed by atoms with Gasteiger partial charge in [-0.1, -0.05) is 26.2 Å². The molecule has 2 nitrogen and oxygen atoms in total. The van der Waals surface area contributed by atoms with Crippen molar-refractivity contribution in [3.05, 3.63) is 29.6 Å². The molecule has 1 aromatic heterocycles. The van der Waals surface area contributed by atoms with Crippen LogP contribution in [0, 0.1) is 6.92 Å². The normalized spacial score (nSPS) is 10.5. The summed E-state index contributed by atoms with van der Waals surface area (Å²) in [6.07, 6.45) is 9.09. The zero-order valence-corrected chi connectivity index (χ0v) is 9.92. The molecule has 84 valence electrons. The largest absolute Gasteiger partial charge is 0.313 e. The maximum Gasteiger partial charge on any atom is 0.0315 e. The Morgan fingerprint density at radius 1 is 1.27 bits per heavy atom. The quantitative estimate of drug-likeness (QED) is 0.694. The van der Waals surface area contributed by atoms with E-state index >= 15 is 0 Å². The smallest absolute Gasteiger partial charge is 0.0315 e. The molecule has 0 unspecified atom stereocenters. The Bertz CT molecular complexity index is 271. The van der Waals surface area contributed by atoms with Gasteiger partial charge in [-0.2, -0.15) is 0 Å². The highest BCUT2D eigenvalue weighted by molar-refractivity contribution is 5.20. The third-order valence-corrected chi connectivity index (χ3v) is 2.67. The summed E-state index contributed by atoms with van der Waals surface area (Å²) in [5.74, 6) is 0. The van der Waals surface area contributed by atoms with Crippen LogP contribution in [0.4, 0.5) is 0 Å². The van der Waals surface area contributed by atoms with Crippen molar-refractivity contribution >= 4 is 0 Å². The Kier molecular flexibility index (Phi) is 6.02. The Labute approximate surface area is 93.1 Å². The highest BCUT2D eigenvalue weighted by atomic mass is 14.8. The summed E-state index contributed by atoms with van der Waals surface area (Å²) in [5, 5.41) is 3.46. The second-order valence-corrected chi connectivity index (χ2v) is 4.04. The monoisotopic (exact) mass is 206 g/mol. The number of hydrogen-bond acceptors (Lipinski definition) is 2. The van der Waals surface area contributed by atoms with Gasteiger partial charge in [0.2, 0.25) is 0 Å². The molecule has 0 saturated carbocycles. The minimum absolute atomic E-state index is 0.950. The van der Waals surface area contributed by atoms with Gasteiger partial charge in [-0.3, -0.25) is 4.98 Å². The molecule has 1 N–H and O–H groups in total. The average molecular weight is 206 g/mol. The summed E-state index contributed by atoms with van der Waals surface area (Å²) < 4.78 is 0. The van der Waals surface area contributed by atoms with Crippen LogP contribution in [0.3, 0.4) is 0 Å². The minimum Gasteiger partial charge on any atom is -0.313 e. The number of unbranched alkanes of at least 4 members (excludes halogenated alkanes) is 3. The molecule has 0 saturated heterocycles. The molecule has 0 fully saturated rings. The Morgan fingerprint density at radius 3 is 2.87 bits per heavy atom. The van der Waals surface area contributed by atoms with E-state index in [-0.39, 0.29) is 0 Å².